The molecule has 1 atom stereocenters. The molecule has 98 valence electrons. The maximum Gasteiger partial charge on any atom is 0.317 e. The van der Waals surface area contributed by atoms with E-state index in [1.165, 1.54) is 0 Å². The topological polar surface area (TPSA) is 50.2 Å². The first-order valence-electron chi connectivity index (χ1n) is 6.39. The minimum absolute atomic E-state index is 0.558. The van der Waals surface area contributed by atoms with E-state index in [2.05, 4.69) is 4.98 Å². The Hall–Kier alpha value is -2.68. The number of aliphatic carboxylic acids is 1. The second-order valence-corrected chi connectivity index (χ2v) is 4.61. The molecule has 0 aliphatic rings. The number of nitrogens with zero attached hydrogens (tertiary/aromatic N) is 1. The SMILES string of the molecule is O=C(O)C(c1ccccc1)c1ccc2ccccc2n1. The zero-order valence-corrected chi connectivity index (χ0v) is 10.7. The molecule has 0 bridgehead atoms. The van der Waals surface area contributed by atoms with Gasteiger partial charge in [-0.3, -0.25) is 9.78 Å². The lowest BCUT2D eigenvalue weighted by molar-refractivity contribution is -0.137. The molecule has 2 aromatic carbocycles. The van der Waals surface area contributed by atoms with Crippen LogP contribution in [0.3, 0.4) is 0 Å². The average molecular weight is 263 g/mol. The van der Waals surface area contributed by atoms with Crippen molar-refractivity contribution in [2.24, 2.45) is 0 Å². The molecule has 0 saturated heterocycles. The fourth-order valence-corrected chi connectivity index (χ4v) is 2.33. The van der Waals surface area contributed by atoms with E-state index in [-0.39, 0.29) is 0 Å². The molecule has 0 aliphatic heterocycles. The molecule has 1 aromatic heterocycles. The molecule has 3 rings (SSSR count). The van der Waals surface area contributed by atoms with Crippen LogP contribution in [0.25, 0.3) is 10.9 Å². The Morgan fingerprint density at radius 2 is 1.60 bits per heavy atom. The van der Waals surface area contributed by atoms with E-state index in [1.54, 1.807) is 6.07 Å². The summed E-state index contributed by atoms with van der Waals surface area (Å²) in [6.07, 6.45) is 0. The monoisotopic (exact) mass is 263 g/mol. The highest BCUT2D eigenvalue weighted by Gasteiger charge is 2.23. The van der Waals surface area contributed by atoms with Crippen molar-refractivity contribution in [3.8, 4) is 0 Å². The van der Waals surface area contributed by atoms with Crippen molar-refractivity contribution in [3.63, 3.8) is 0 Å². The molecule has 0 aliphatic carbocycles. The lowest BCUT2D eigenvalue weighted by Gasteiger charge is -2.13. The molecule has 3 nitrogen and oxygen atoms in total. The quantitative estimate of drug-likeness (QED) is 0.787. The first-order valence-corrected chi connectivity index (χ1v) is 6.39. The van der Waals surface area contributed by atoms with E-state index in [0.29, 0.717) is 5.69 Å². The number of pyridine rings is 1. The van der Waals surface area contributed by atoms with Crippen LogP contribution in [0.4, 0.5) is 0 Å². The summed E-state index contributed by atoms with van der Waals surface area (Å²) in [7, 11) is 0. The van der Waals surface area contributed by atoms with Crippen molar-refractivity contribution in [3.05, 3.63) is 78.0 Å². The summed E-state index contributed by atoms with van der Waals surface area (Å²) >= 11 is 0. The third-order valence-corrected chi connectivity index (χ3v) is 3.30. The number of aromatic nitrogens is 1. The van der Waals surface area contributed by atoms with Crippen molar-refractivity contribution in [2.45, 2.75) is 5.92 Å². The van der Waals surface area contributed by atoms with Crippen LogP contribution < -0.4 is 0 Å². The van der Waals surface area contributed by atoms with Crippen LogP contribution >= 0.6 is 0 Å². The van der Waals surface area contributed by atoms with Gasteiger partial charge in [-0.15, -0.1) is 0 Å². The van der Waals surface area contributed by atoms with Crippen molar-refractivity contribution >= 4 is 16.9 Å². The second-order valence-electron chi connectivity index (χ2n) is 4.61. The smallest absolute Gasteiger partial charge is 0.317 e. The van der Waals surface area contributed by atoms with Gasteiger partial charge in [0.15, 0.2) is 0 Å². The van der Waals surface area contributed by atoms with Gasteiger partial charge in [-0.25, -0.2) is 0 Å². The highest BCUT2D eigenvalue weighted by atomic mass is 16.4. The summed E-state index contributed by atoms with van der Waals surface area (Å²) in [6.45, 7) is 0. The first-order chi connectivity index (χ1) is 9.75. The van der Waals surface area contributed by atoms with E-state index in [9.17, 15) is 9.90 Å². The Morgan fingerprint density at radius 3 is 2.35 bits per heavy atom. The molecule has 1 heterocycles. The second kappa shape index (κ2) is 5.13. The molecule has 0 saturated carbocycles. The van der Waals surface area contributed by atoms with Gasteiger partial charge in [0.05, 0.1) is 11.2 Å². The van der Waals surface area contributed by atoms with Gasteiger partial charge < -0.3 is 5.11 Å². The predicted molar refractivity (Wildman–Crippen MR) is 77.7 cm³/mol. The van der Waals surface area contributed by atoms with E-state index >= 15 is 0 Å². The summed E-state index contributed by atoms with van der Waals surface area (Å²) in [6, 6.07) is 20.6. The first kappa shape index (κ1) is 12.4. The van der Waals surface area contributed by atoms with Gasteiger partial charge in [-0.2, -0.15) is 0 Å². The molecule has 20 heavy (non-hydrogen) atoms. The van der Waals surface area contributed by atoms with Gasteiger partial charge in [0.25, 0.3) is 0 Å². The Bertz CT molecular complexity index is 753. The fraction of sp³-hybridized carbons (Fsp3) is 0.0588. The van der Waals surface area contributed by atoms with Gasteiger partial charge in [0.1, 0.15) is 5.92 Å². The summed E-state index contributed by atoms with van der Waals surface area (Å²) in [5.41, 5.74) is 2.11. The summed E-state index contributed by atoms with van der Waals surface area (Å²) in [5, 5.41) is 10.5. The lowest BCUT2D eigenvalue weighted by atomic mass is 9.95. The van der Waals surface area contributed by atoms with Crippen molar-refractivity contribution in [2.75, 3.05) is 0 Å². The zero-order valence-electron chi connectivity index (χ0n) is 10.7. The van der Waals surface area contributed by atoms with Gasteiger partial charge in [-0.05, 0) is 17.7 Å². The number of carbonyl (C=O) groups is 1. The molecular formula is C17H13NO2. The number of rotatable bonds is 3. The fourth-order valence-electron chi connectivity index (χ4n) is 2.33. The van der Waals surface area contributed by atoms with Crippen molar-refractivity contribution < 1.29 is 9.90 Å². The summed E-state index contributed by atoms with van der Waals surface area (Å²) in [4.78, 5) is 16.1. The highest BCUT2D eigenvalue weighted by molar-refractivity contribution is 5.83. The Labute approximate surface area is 116 Å². The highest BCUT2D eigenvalue weighted by Crippen LogP contribution is 2.25. The molecule has 0 spiro atoms. The molecule has 0 radical (unpaired) electrons. The van der Waals surface area contributed by atoms with Gasteiger partial charge >= 0.3 is 5.97 Å². The lowest BCUT2D eigenvalue weighted by Crippen LogP contribution is -2.14. The van der Waals surface area contributed by atoms with E-state index < -0.39 is 11.9 Å². The average Bonchev–Trinajstić information content (AvgIpc) is 2.48. The van der Waals surface area contributed by atoms with Gasteiger partial charge in [0.2, 0.25) is 0 Å². The number of carboxylic acid groups (broad SMARTS) is 1. The van der Waals surface area contributed by atoms with E-state index in [4.69, 9.17) is 0 Å². The Morgan fingerprint density at radius 1 is 0.900 bits per heavy atom. The van der Waals surface area contributed by atoms with E-state index in [1.807, 2.05) is 60.7 Å². The van der Waals surface area contributed by atoms with E-state index in [0.717, 1.165) is 16.5 Å². The van der Waals surface area contributed by atoms with Crippen LogP contribution in [0.1, 0.15) is 17.2 Å². The molecule has 1 N–H and O–H groups in total. The van der Waals surface area contributed by atoms with Crippen LogP contribution in [0.5, 0.6) is 0 Å². The van der Waals surface area contributed by atoms with Gasteiger partial charge in [0, 0.05) is 5.39 Å². The minimum Gasteiger partial charge on any atom is -0.480 e. The standard InChI is InChI=1S/C17H13NO2/c19-17(20)16(13-7-2-1-3-8-13)15-11-10-12-6-4-5-9-14(12)18-15/h1-11,16H,(H,19,20). The Balaban J connectivity index is 2.13. The number of para-hydroxylation sites is 1. The number of hydrogen-bond donors (Lipinski definition) is 1. The number of benzene rings is 2. The normalized spacial score (nSPS) is 12.2. The van der Waals surface area contributed by atoms with Crippen LogP contribution in [0.15, 0.2) is 66.7 Å². The van der Waals surface area contributed by atoms with Crippen LogP contribution in [0, 0.1) is 0 Å². The molecule has 1 unspecified atom stereocenters. The molecule has 0 fully saturated rings. The summed E-state index contributed by atoms with van der Waals surface area (Å²) < 4.78 is 0. The minimum atomic E-state index is -0.890. The number of fused-ring (bicyclic) bond motifs is 1. The number of hydrogen-bond acceptors (Lipinski definition) is 2. The molecule has 0 amide bonds. The van der Waals surface area contributed by atoms with Gasteiger partial charge in [-0.1, -0.05) is 54.6 Å². The van der Waals surface area contributed by atoms with Crippen molar-refractivity contribution in [1.82, 2.24) is 4.98 Å². The third-order valence-electron chi connectivity index (χ3n) is 3.30. The largest absolute Gasteiger partial charge is 0.480 e. The van der Waals surface area contributed by atoms with Crippen LogP contribution in [-0.2, 0) is 4.79 Å². The maximum absolute atomic E-state index is 11.6. The maximum atomic E-state index is 11.6. The van der Waals surface area contributed by atoms with Crippen molar-refractivity contribution in [1.29, 1.82) is 0 Å². The Kier molecular flexibility index (Phi) is 3.17. The molecule has 3 heteroatoms. The third kappa shape index (κ3) is 2.26. The van der Waals surface area contributed by atoms with Crippen LogP contribution in [0.2, 0.25) is 0 Å². The molecule has 3 aromatic rings. The predicted octanol–water partition coefficient (Wildman–Crippen LogP) is 3.45. The molecular weight excluding hydrogens is 250 g/mol. The van der Waals surface area contributed by atoms with Crippen LogP contribution in [-0.4, -0.2) is 16.1 Å². The zero-order chi connectivity index (χ0) is 13.9. The number of carboxylic acids is 1. The summed E-state index contributed by atoms with van der Waals surface area (Å²) in [5.74, 6) is -1.63.